The van der Waals surface area contributed by atoms with Crippen molar-refractivity contribution in [3.63, 3.8) is 0 Å². The van der Waals surface area contributed by atoms with Crippen LogP contribution >= 0.6 is 0 Å². The molecule has 31 heavy (non-hydrogen) atoms. The third-order valence-electron chi connectivity index (χ3n) is 6.75. The number of aryl methyl sites for hydroxylation is 1. The van der Waals surface area contributed by atoms with Gasteiger partial charge in [-0.2, -0.15) is 0 Å². The zero-order chi connectivity index (χ0) is 22.4. The number of ether oxygens (including phenoxy) is 2. The molecule has 1 heterocycles. The van der Waals surface area contributed by atoms with Crippen LogP contribution in [0.2, 0.25) is 0 Å². The Bertz CT molecular complexity index is 1030. The van der Waals surface area contributed by atoms with Crippen LogP contribution in [0.1, 0.15) is 63.5 Å². The van der Waals surface area contributed by atoms with Crippen molar-refractivity contribution in [1.29, 1.82) is 0 Å². The van der Waals surface area contributed by atoms with Gasteiger partial charge in [0.2, 0.25) is 0 Å². The van der Waals surface area contributed by atoms with Crippen LogP contribution in [0.3, 0.4) is 0 Å². The molecule has 1 aliphatic heterocycles. The largest absolute Gasteiger partial charge is 0.494 e. The number of benzene rings is 2. The molecule has 2 fully saturated rings. The maximum Gasteiger partial charge on any atom is 0.179 e. The molecule has 1 saturated carbocycles. The van der Waals surface area contributed by atoms with Gasteiger partial charge in [-0.1, -0.05) is 31.2 Å². The summed E-state index contributed by atoms with van der Waals surface area (Å²) < 4.78 is 25.1. The standard InChI is InChI=1S/C26H29FO4/c1-5-16-14-17(18-9-11-20(27)21(15-18)30-4)8-10-19(16)22-23(28)25(2,3)31-26(24(22)29)12-6-7-13-26/h8-11,14-15,22H,5-7,12-13H2,1-4H3. The highest BCUT2D eigenvalue weighted by atomic mass is 19.1. The fourth-order valence-electron chi connectivity index (χ4n) is 5.11. The molecule has 4 rings (SSSR count). The summed E-state index contributed by atoms with van der Waals surface area (Å²) in [6.45, 7) is 5.57. The number of Topliss-reactive ketones (excluding diaryl/α,β-unsaturated/α-hetero) is 2. The van der Waals surface area contributed by atoms with Gasteiger partial charge in [-0.05, 0) is 80.3 Å². The van der Waals surface area contributed by atoms with Crippen molar-refractivity contribution >= 4 is 11.6 Å². The summed E-state index contributed by atoms with van der Waals surface area (Å²) >= 11 is 0. The Kier molecular flexibility index (Phi) is 5.50. The molecule has 0 N–H and O–H groups in total. The molecule has 2 aromatic rings. The number of carbonyl (C=O) groups is 2. The number of hydrogen-bond acceptors (Lipinski definition) is 4. The second-order valence-corrected chi connectivity index (χ2v) is 9.09. The molecule has 0 radical (unpaired) electrons. The number of carbonyl (C=O) groups excluding carboxylic acids is 2. The molecule has 1 aliphatic carbocycles. The van der Waals surface area contributed by atoms with E-state index in [1.807, 2.05) is 25.1 Å². The number of hydrogen-bond donors (Lipinski definition) is 0. The number of methoxy groups -OCH3 is 1. The molecule has 1 saturated heterocycles. The van der Waals surface area contributed by atoms with Gasteiger partial charge >= 0.3 is 0 Å². The quantitative estimate of drug-likeness (QED) is 0.616. The van der Waals surface area contributed by atoms with Gasteiger partial charge in [-0.25, -0.2) is 4.39 Å². The van der Waals surface area contributed by atoms with Crippen molar-refractivity contribution in [3.05, 3.63) is 53.3 Å². The van der Waals surface area contributed by atoms with E-state index in [1.54, 1.807) is 26.0 Å². The van der Waals surface area contributed by atoms with E-state index in [1.165, 1.54) is 13.2 Å². The summed E-state index contributed by atoms with van der Waals surface area (Å²) in [5.74, 6) is -1.32. The summed E-state index contributed by atoms with van der Waals surface area (Å²) in [5, 5.41) is 0. The third-order valence-corrected chi connectivity index (χ3v) is 6.75. The summed E-state index contributed by atoms with van der Waals surface area (Å²) in [6.07, 6.45) is 3.90. The Morgan fingerprint density at radius 2 is 1.68 bits per heavy atom. The number of ketones is 2. The summed E-state index contributed by atoms with van der Waals surface area (Å²) in [6, 6.07) is 10.5. The zero-order valence-electron chi connectivity index (χ0n) is 18.6. The Balaban J connectivity index is 1.78. The highest BCUT2D eigenvalue weighted by molar-refractivity contribution is 6.15. The highest BCUT2D eigenvalue weighted by Gasteiger charge is 2.58. The lowest BCUT2D eigenvalue weighted by atomic mass is 9.72. The lowest BCUT2D eigenvalue weighted by Gasteiger charge is -2.44. The molecule has 0 bridgehead atoms. The van der Waals surface area contributed by atoms with Crippen LogP contribution in [0.15, 0.2) is 36.4 Å². The maximum atomic E-state index is 13.8. The van der Waals surface area contributed by atoms with Crippen LogP contribution in [0.5, 0.6) is 5.75 Å². The van der Waals surface area contributed by atoms with E-state index in [0.29, 0.717) is 19.3 Å². The molecule has 1 spiro atoms. The first kappa shape index (κ1) is 21.7. The van der Waals surface area contributed by atoms with Crippen molar-refractivity contribution in [1.82, 2.24) is 0 Å². The molecule has 0 aromatic heterocycles. The van der Waals surface area contributed by atoms with Crippen LogP contribution in [0.25, 0.3) is 11.1 Å². The maximum absolute atomic E-state index is 13.8. The second-order valence-electron chi connectivity index (χ2n) is 9.09. The van der Waals surface area contributed by atoms with Gasteiger partial charge in [0.05, 0.1) is 7.11 Å². The molecule has 1 atom stereocenters. The molecule has 2 aromatic carbocycles. The van der Waals surface area contributed by atoms with Crippen LogP contribution in [0.4, 0.5) is 4.39 Å². The van der Waals surface area contributed by atoms with E-state index in [-0.39, 0.29) is 17.3 Å². The van der Waals surface area contributed by atoms with Crippen molar-refractivity contribution in [2.24, 2.45) is 0 Å². The lowest BCUT2D eigenvalue weighted by molar-refractivity contribution is -0.190. The van der Waals surface area contributed by atoms with Crippen LogP contribution in [0, 0.1) is 5.82 Å². The minimum Gasteiger partial charge on any atom is -0.494 e. The fraction of sp³-hybridized carbons (Fsp3) is 0.462. The van der Waals surface area contributed by atoms with Gasteiger partial charge in [0.15, 0.2) is 23.1 Å². The van der Waals surface area contributed by atoms with Gasteiger partial charge in [-0.15, -0.1) is 0 Å². The van der Waals surface area contributed by atoms with E-state index < -0.39 is 22.9 Å². The van der Waals surface area contributed by atoms with Gasteiger partial charge < -0.3 is 9.47 Å². The number of rotatable bonds is 4. The first-order valence-electron chi connectivity index (χ1n) is 11.0. The topological polar surface area (TPSA) is 52.6 Å². The van der Waals surface area contributed by atoms with Gasteiger partial charge in [-0.3, -0.25) is 9.59 Å². The highest BCUT2D eigenvalue weighted by Crippen LogP contribution is 2.47. The average molecular weight is 425 g/mol. The molecular formula is C26H29FO4. The molecule has 0 amide bonds. The first-order chi connectivity index (χ1) is 14.7. The summed E-state index contributed by atoms with van der Waals surface area (Å²) in [4.78, 5) is 26.9. The van der Waals surface area contributed by atoms with Gasteiger partial charge in [0.25, 0.3) is 0 Å². The normalized spacial score (nSPS) is 22.2. The van der Waals surface area contributed by atoms with Crippen LogP contribution in [-0.2, 0) is 20.7 Å². The summed E-state index contributed by atoms with van der Waals surface area (Å²) in [5.41, 5.74) is 1.56. The van der Waals surface area contributed by atoms with E-state index in [9.17, 15) is 14.0 Å². The Morgan fingerprint density at radius 3 is 2.32 bits per heavy atom. The van der Waals surface area contributed by atoms with E-state index in [2.05, 4.69) is 0 Å². The molecule has 5 heteroatoms. The van der Waals surface area contributed by atoms with Crippen molar-refractivity contribution < 1.29 is 23.5 Å². The predicted molar refractivity (Wildman–Crippen MR) is 117 cm³/mol. The monoisotopic (exact) mass is 424 g/mol. The van der Waals surface area contributed by atoms with E-state index in [0.717, 1.165) is 35.1 Å². The predicted octanol–water partition coefficient (Wildman–Crippen LogP) is 5.41. The second kappa shape index (κ2) is 7.86. The van der Waals surface area contributed by atoms with Gasteiger partial charge in [0.1, 0.15) is 17.1 Å². The Morgan fingerprint density at radius 1 is 1.03 bits per heavy atom. The van der Waals surface area contributed by atoms with Crippen LogP contribution in [-0.4, -0.2) is 29.9 Å². The molecule has 2 aliphatic rings. The Hall–Kier alpha value is -2.53. The third kappa shape index (κ3) is 3.59. The number of halogens is 1. The van der Waals surface area contributed by atoms with E-state index in [4.69, 9.17) is 9.47 Å². The van der Waals surface area contributed by atoms with Crippen molar-refractivity contribution in [2.45, 2.75) is 70.0 Å². The molecule has 164 valence electrons. The van der Waals surface area contributed by atoms with E-state index >= 15 is 0 Å². The lowest BCUT2D eigenvalue weighted by Crippen LogP contribution is -2.59. The zero-order valence-corrected chi connectivity index (χ0v) is 18.6. The average Bonchev–Trinajstić information content (AvgIpc) is 3.22. The summed E-state index contributed by atoms with van der Waals surface area (Å²) in [7, 11) is 1.44. The van der Waals surface area contributed by atoms with Crippen LogP contribution < -0.4 is 4.74 Å². The minimum absolute atomic E-state index is 0.0970. The fourth-order valence-corrected chi connectivity index (χ4v) is 5.11. The smallest absolute Gasteiger partial charge is 0.179 e. The molecular weight excluding hydrogens is 395 g/mol. The molecule has 4 nitrogen and oxygen atoms in total. The van der Waals surface area contributed by atoms with Crippen molar-refractivity contribution in [2.75, 3.05) is 7.11 Å². The SMILES string of the molecule is CCc1cc(-c2ccc(F)c(OC)c2)ccc1C1C(=O)C(C)(C)OC2(CCCC2)C1=O. The first-order valence-corrected chi connectivity index (χ1v) is 11.0. The molecule has 1 unspecified atom stereocenters. The van der Waals surface area contributed by atoms with Gasteiger partial charge in [0, 0.05) is 0 Å². The minimum atomic E-state index is -1.00. The van der Waals surface area contributed by atoms with Crippen molar-refractivity contribution in [3.8, 4) is 16.9 Å². The Labute approximate surface area is 182 Å².